The second-order valence-electron chi connectivity index (χ2n) is 4.84. The average Bonchev–Trinajstić information content (AvgIpc) is 2.83. The van der Waals surface area contributed by atoms with E-state index in [1.54, 1.807) is 11.3 Å². The van der Waals surface area contributed by atoms with Crippen molar-refractivity contribution in [3.05, 3.63) is 27.9 Å². The highest BCUT2D eigenvalue weighted by molar-refractivity contribution is 7.15. The van der Waals surface area contributed by atoms with E-state index in [4.69, 9.17) is 11.6 Å². The molecule has 0 N–H and O–H groups in total. The smallest absolute Gasteiger partial charge is 0.152 e. The first kappa shape index (κ1) is 11.3. The molecule has 0 aliphatic carbocycles. The average molecular weight is 267 g/mol. The molecule has 3 heterocycles. The van der Waals surface area contributed by atoms with Crippen molar-refractivity contribution in [2.24, 2.45) is 5.92 Å². The van der Waals surface area contributed by atoms with Crippen molar-refractivity contribution in [3.63, 3.8) is 0 Å². The van der Waals surface area contributed by atoms with Crippen LogP contribution in [0.2, 0.25) is 5.15 Å². The van der Waals surface area contributed by atoms with Crippen molar-refractivity contribution in [1.29, 1.82) is 0 Å². The van der Waals surface area contributed by atoms with Gasteiger partial charge in [-0.3, -0.25) is 0 Å². The summed E-state index contributed by atoms with van der Waals surface area (Å²) in [5.41, 5.74) is 1.21. The first-order chi connectivity index (χ1) is 8.15. The molecule has 3 rings (SSSR count). The molecule has 1 aliphatic rings. The molecule has 0 bridgehead atoms. The summed E-state index contributed by atoms with van der Waals surface area (Å²) in [5.74, 6) is 1.77. The van der Waals surface area contributed by atoms with E-state index in [0.717, 1.165) is 18.8 Å². The molecule has 90 valence electrons. The number of thiophene rings is 1. The molecular formula is C13H15ClN2S. The summed E-state index contributed by atoms with van der Waals surface area (Å²) in [6, 6.07) is 4.28. The minimum atomic E-state index is 0.693. The Hall–Kier alpha value is -0.800. The molecule has 17 heavy (non-hydrogen) atoms. The molecule has 0 spiro atoms. The van der Waals surface area contributed by atoms with Gasteiger partial charge in [0.15, 0.2) is 11.0 Å². The minimum Gasteiger partial charge on any atom is -0.326 e. The van der Waals surface area contributed by atoms with Crippen molar-refractivity contribution < 1.29 is 0 Å². The Balaban J connectivity index is 2.12. The number of imidazole rings is 1. The maximum Gasteiger partial charge on any atom is 0.152 e. The predicted octanol–water partition coefficient (Wildman–Crippen LogP) is 4.16. The molecule has 0 amide bonds. The van der Waals surface area contributed by atoms with Crippen LogP contribution in [0.15, 0.2) is 12.1 Å². The highest BCUT2D eigenvalue weighted by Gasteiger charge is 2.23. The van der Waals surface area contributed by atoms with Gasteiger partial charge in [-0.05, 0) is 37.8 Å². The van der Waals surface area contributed by atoms with E-state index in [0.29, 0.717) is 11.1 Å². The SMILES string of the molecule is Cc1ccc(-c2nc(Cl)c3n2CC(C)CC3)s1. The van der Waals surface area contributed by atoms with Crippen LogP contribution in [-0.4, -0.2) is 9.55 Å². The van der Waals surface area contributed by atoms with Gasteiger partial charge in [-0.25, -0.2) is 4.98 Å². The standard InChI is InChI=1S/C13H15ClN2S/c1-8-3-5-10-12(14)15-13(16(10)7-8)11-6-4-9(2)17-11/h4,6,8H,3,5,7H2,1-2H3. The van der Waals surface area contributed by atoms with Gasteiger partial charge in [-0.2, -0.15) is 0 Å². The largest absolute Gasteiger partial charge is 0.326 e. The number of aromatic nitrogens is 2. The van der Waals surface area contributed by atoms with Crippen LogP contribution in [0.3, 0.4) is 0 Å². The van der Waals surface area contributed by atoms with Gasteiger partial charge in [0.1, 0.15) is 0 Å². The highest BCUT2D eigenvalue weighted by Crippen LogP contribution is 2.34. The minimum absolute atomic E-state index is 0.693. The van der Waals surface area contributed by atoms with Crippen LogP contribution in [0.25, 0.3) is 10.7 Å². The third-order valence-corrected chi connectivity index (χ3v) is 4.65. The Kier molecular flexibility index (Phi) is 2.75. The van der Waals surface area contributed by atoms with Crippen LogP contribution >= 0.6 is 22.9 Å². The lowest BCUT2D eigenvalue weighted by molar-refractivity contribution is 0.402. The van der Waals surface area contributed by atoms with Gasteiger partial charge in [0.05, 0.1) is 10.6 Å². The van der Waals surface area contributed by atoms with Gasteiger partial charge in [0.2, 0.25) is 0 Å². The summed E-state index contributed by atoms with van der Waals surface area (Å²) in [6.07, 6.45) is 2.27. The Bertz CT molecular complexity index is 556. The number of hydrogen-bond acceptors (Lipinski definition) is 2. The Morgan fingerprint density at radius 3 is 3.00 bits per heavy atom. The van der Waals surface area contributed by atoms with Crippen LogP contribution in [-0.2, 0) is 13.0 Å². The van der Waals surface area contributed by atoms with E-state index >= 15 is 0 Å². The lowest BCUT2D eigenvalue weighted by Gasteiger charge is -2.22. The maximum absolute atomic E-state index is 6.24. The third-order valence-electron chi connectivity index (χ3n) is 3.35. The van der Waals surface area contributed by atoms with Gasteiger partial charge < -0.3 is 4.57 Å². The zero-order valence-electron chi connectivity index (χ0n) is 10.0. The second-order valence-corrected chi connectivity index (χ2v) is 6.48. The number of nitrogens with zero attached hydrogens (tertiary/aromatic N) is 2. The summed E-state index contributed by atoms with van der Waals surface area (Å²) >= 11 is 8.03. The lowest BCUT2D eigenvalue weighted by atomic mass is 10.0. The van der Waals surface area contributed by atoms with E-state index in [2.05, 4.69) is 35.5 Å². The molecule has 2 aromatic heterocycles. The summed E-state index contributed by atoms with van der Waals surface area (Å²) in [4.78, 5) is 7.09. The molecule has 1 atom stereocenters. The molecule has 0 radical (unpaired) electrons. The molecule has 1 unspecified atom stereocenters. The van der Waals surface area contributed by atoms with E-state index in [1.165, 1.54) is 21.9 Å². The molecule has 0 fully saturated rings. The fourth-order valence-corrected chi connectivity index (χ4v) is 3.56. The number of halogens is 1. The third kappa shape index (κ3) is 1.91. The molecule has 2 nitrogen and oxygen atoms in total. The van der Waals surface area contributed by atoms with Crippen LogP contribution < -0.4 is 0 Å². The molecule has 0 saturated heterocycles. The van der Waals surface area contributed by atoms with E-state index in [-0.39, 0.29) is 0 Å². The molecular weight excluding hydrogens is 252 g/mol. The first-order valence-corrected chi connectivity index (χ1v) is 7.16. The topological polar surface area (TPSA) is 17.8 Å². The predicted molar refractivity (Wildman–Crippen MR) is 72.8 cm³/mol. The van der Waals surface area contributed by atoms with Crippen molar-refractivity contribution in [3.8, 4) is 10.7 Å². The fraction of sp³-hybridized carbons (Fsp3) is 0.462. The van der Waals surface area contributed by atoms with Gasteiger partial charge in [-0.15, -0.1) is 11.3 Å². The summed E-state index contributed by atoms with van der Waals surface area (Å²) in [7, 11) is 0. The molecule has 4 heteroatoms. The zero-order chi connectivity index (χ0) is 12.0. The summed E-state index contributed by atoms with van der Waals surface area (Å²) < 4.78 is 2.31. The number of hydrogen-bond donors (Lipinski definition) is 0. The summed E-state index contributed by atoms with van der Waals surface area (Å²) in [5, 5.41) is 0.693. The Morgan fingerprint density at radius 2 is 2.29 bits per heavy atom. The molecule has 2 aromatic rings. The quantitative estimate of drug-likeness (QED) is 0.758. The molecule has 1 aliphatic heterocycles. The monoisotopic (exact) mass is 266 g/mol. The van der Waals surface area contributed by atoms with Crippen molar-refractivity contribution in [2.45, 2.75) is 33.2 Å². The van der Waals surface area contributed by atoms with Crippen molar-refractivity contribution >= 4 is 22.9 Å². The van der Waals surface area contributed by atoms with Gasteiger partial charge in [-0.1, -0.05) is 18.5 Å². The fourth-order valence-electron chi connectivity index (χ4n) is 2.42. The number of aryl methyl sites for hydroxylation is 1. The van der Waals surface area contributed by atoms with Gasteiger partial charge in [0, 0.05) is 11.4 Å². The van der Waals surface area contributed by atoms with Crippen LogP contribution in [0.5, 0.6) is 0 Å². The van der Waals surface area contributed by atoms with Crippen LogP contribution in [0, 0.1) is 12.8 Å². The van der Waals surface area contributed by atoms with Crippen molar-refractivity contribution in [1.82, 2.24) is 9.55 Å². The maximum atomic E-state index is 6.24. The van der Waals surface area contributed by atoms with E-state index in [1.807, 2.05) is 0 Å². The summed E-state index contributed by atoms with van der Waals surface area (Å²) in [6.45, 7) is 5.46. The van der Waals surface area contributed by atoms with E-state index in [9.17, 15) is 0 Å². The second kappa shape index (κ2) is 4.14. The number of rotatable bonds is 1. The Morgan fingerprint density at radius 1 is 1.47 bits per heavy atom. The Labute approximate surface area is 110 Å². The highest BCUT2D eigenvalue weighted by atomic mass is 35.5. The van der Waals surface area contributed by atoms with E-state index < -0.39 is 0 Å². The first-order valence-electron chi connectivity index (χ1n) is 5.97. The number of fused-ring (bicyclic) bond motifs is 1. The molecule has 0 aromatic carbocycles. The molecule has 0 saturated carbocycles. The zero-order valence-corrected chi connectivity index (χ0v) is 11.6. The van der Waals surface area contributed by atoms with Gasteiger partial charge in [0.25, 0.3) is 0 Å². The van der Waals surface area contributed by atoms with Gasteiger partial charge >= 0.3 is 0 Å². The normalized spacial score (nSPS) is 19.4. The van der Waals surface area contributed by atoms with Crippen molar-refractivity contribution in [2.75, 3.05) is 0 Å². The van der Waals surface area contributed by atoms with Crippen LogP contribution in [0.1, 0.15) is 23.9 Å². The van der Waals surface area contributed by atoms with Crippen LogP contribution in [0.4, 0.5) is 0 Å². The lowest BCUT2D eigenvalue weighted by Crippen LogP contribution is -2.18.